The minimum atomic E-state index is 0.518. The minimum Gasteiger partial charge on any atom is -0.487 e. The topological polar surface area (TPSA) is 21.3 Å². The van der Waals surface area contributed by atoms with Crippen LogP contribution in [0.15, 0.2) is 46.9 Å². The summed E-state index contributed by atoms with van der Waals surface area (Å²) in [4.78, 5) is 0. The lowest BCUT2D eigenvalue weighted by atomic mass is 10.1. The SMILES string of the molecule is CCNCCc1ccc(COc2cc(Br)ccc2Cl)cc1. The molecule has 0 radical (unpaired) electrons. The van der Waals surface area contributed by atoms with Gasteiger partial charge in [-0.2, -0.15) is 0 Å². The van der Waals surface area contributed by atoms with Gasteiger partial charge in [0.15, 0.2) is 0 Å². The molecule has 0 aliphatic rings. The molecule has 1 N–H and O–H groups in total. The van der Waals surface area contributed by atoms with Crippen molar-refractivity contribution in [3.63, 3.8) is 0 Å². The zero-order chi connectivity index (χ0) is 15.1. The molecule has 2 nitrogen and oxygen atoms in total. The quantitative estimate of drug-likeness (QED) is 0.707. The third kappa shape index (κ3) is 5.34. The van der Waals surface area contributed by atoms with E-state index in [0.29, 0.717) is 17.4 Å². The van der Waals surface area contributed by atoms with Crippen LogP contribution in [-0.4, -0.2) is 13.1 Å². The highest BCUT2D eigenvalue weighted by atomic mass is 79.9. The first kappa shape index (κ1) is 16.3. The van der Waals surface area contributed by atoms with E-state index in [-0.39, 0.29) is 0 Å². The monoisotopic (exact) mass is 367 g/mol. The molecule has 0 fully saturated rings. The molecule has 112 valence electrons. The van der Waals surface area contributed by atoms with E-state index >= 15 is 0 Å². The van der Waals surface area contributed by atoms with Crippen molar-refractivity contribution in [3.05, 3.63) is 63.1 Å². The molecule has 0 atom stereocenters. The molecule has 0 saturated heterocycles. The standard InChI is InChI=1S/C17H19BrClNO/c1-2-20-10-9-13-3-5-14(6-4-13)12-21-17-11-15(18)7-8-16(17)19/h3-8,11,20H,2,9-10,12H2,1H3. The highest BCUT2D eigenvalue weighted by molar-refractivity contribution is 9.10. The normalized spacial score (nSPS) is 10.6. The van der Waals surface area contributed by atoms with Crippen LogP contribution < -0.4 is 10.1 Å². The number of hydrogen-bond donors (Lipinski definition) is 1. The zero-order valence-corrected chi connectivity index (χ0v) is 14.4. The van der Waals surface area contributed by atoms with E-state index in [1.807, 2.05) is 18.2 Å². The molecule has 0 aliphatic heterocycles. The Kier molecular flexibility index (Phi) is 6.55. The van der Waals surface area contributed by atoms with Crippen molar-refractivity contribution in [2.75, 3.05) is 13.1 Å². The first-order chi connectivity index (χ1) is 10.2. The Hall–Kier alpha value is -1.03. The van der Waals surface area contributed by atoms with E-state index in [2.05, 4.69) is 52.4 Å². The molecule has 0 heterocycles. The number of rotatable bonds is 7. The maximum Gasteiger partial charge on any atom is 0.139 e. The minimum absolute atomic E-state index is 0.518. The van der Waals surface area contributed by atoms with Crippen LogP contribution in [0.3, 0.4) is 0 Å². The van der Waals surface area contributed by atoms with Gasteiger partial charge >= 0.3 is 0 Å². The molecule has 4 heteroatoms. The summed E-state index contributed by atoms with van der Waals surface area (Å²) in [6.07, 6.45) is 1.05. The lowest BCUT2D eigenvalue weighted by molar-refractivity contribution is 0.306. The summed E-state index contributed by atoms with van der Waals surface area (Å²) in [5.74, 6) is 0.697. The van der Waals surface area contributed by atoms with Gasteiger partial charge in [0.2, 0.25) is 0 Å². The average Bonchev–Trinajstić information content (AvgIpc) is 2.50. The van der Waals surface area contributed by atoms with Gasteiger partial charge in [-0.25, -0.2) is 0 Å². The Morgan fingerprint density at radius 2 is 1.81 bits per heavy atom. The molecular formula is C17H19BrClNO. The van der Waals surface area contributed by atoms with Crippen molar-refractivity contribution in [2.24, 2.45) is 0 Å². The first-order valence-corrected chi connectivity index (χ1v) is 8.22. The molecular weight excluding hydrogens is 350 g/mol. The maximum absolute atomic E-state index is 6.11. The predicted molar refractivity (Wildman–Crippen MR) is 92.2 cm³/mol. The van der Waals surface area contributed by atoms with Gasteiger partial charge in [-0.3, -0.25) is 0 Å². The first-order valence-electron chi connectivity index (χ1n) is 7.05. The third-order valence-electron chi connectivity index (χ3n) is 3.15. The number of benzene rings is 2. The Bertz CT molecular complexity index is 572. The van der Waals surface area contributed by atoms with Crippen molar-refractivity contribution in [3.8, 4) is 5.75 Å². The Labute approximate surface area is 139 Å². The van der Waals surface area contributed by atoms with Crippen LogP contribution in [-0.2, 0) is 13.0 Å². The van der Waals surface area contributed by atoms with Gasteiger partial charge in [0.1, 0.15) is 12.4 Å². The van der Waals surface area contributed by atoms with E-state index in [9.17, 15) is 0 Å². The summed E-state index contributed by atoms with van der Waals surface area (Å²) >= 11 is 9.52. The van der Waals surface area contributed by atoms with Crippen LogP contribution >= 0.6 is 27.5 Å². The summed E-state index contributed by atoms with van der Waals surface area (Å²) in [7, 11) is 0. The van der Waals surface area contributed by atoms with Crippen LogP contribution in [0.4, 0.5) is 0 Å². The Morgan fingerprint density at radius 3 is 2.52 bits per heavy atom. The van der Waals surface area contributed by atoms with Crippen LogP contribution in [0.1, 0.15) is 18.1 Å². The Balaban J connectivity index is 1.90. The largest absolute Gasteiger partial charge is 0.487 e. The average molecular weight is 369 g/mol. The van der Waals surface area contributed by atoms with Crippen molar-refractivity contribution in [1.29, 1.82) is 0 Å². The van der Waals surface area contributed by atoms with Crippen molar-refractivity contribution >= 4 is 27.5 Å². The summed E-state index contributed by atoms with van der Waals surface area (Å²) in [6.45, 7) is 4.66. The molecule has 21 heavy (non-hydrogen) atoms. The van der Waals surface area contributed by atoms with Gasteiger partial charge < -0.3 is 10.1 Å². The van der Waals surface area contributed by atoms with Gasteiger partial charge in [-0.1, -0.05) is 58.7 Å². The number of ether oxygens (including phenoxy) is 1. The zero-order valence-electron chi connectivity index (χ0n) is 12.0. The summed E-state index contributed by atoms with van der Waals surface area (Å²) in [6, 6.07) is 14.1. The van der Waals surface area contributed by atoms with E-state index in [4.69, 9.17) is 16.3 Å². The lowest BCUT2D eigenvalue weighted by Crippen LogP contribution is -2.15. The molecule has 2 rings (SSSR count). The van der Waals surface area contributed by atoms with Crippen LogP contribution in [0.25, 0.3) is 0 Å². The van der Waals surface area contributed by atoms with Crippen molar-refractivity contribution < 1.29 is 4.74 Å². The summed E-state index contributed by atoms with van der Waals surface area (Å²) < 4.78 is 6.73. The van der Waals surface area contributed by atoms with Crippen molar-refractivity contribution in [1.82, 2.24) is 5.32 Å². The second-order valence-electron chi connectivity index (χ2n) is 4.78. The molecule has 0 spiro atoms. The second-order valence-corrected chi connectivity index (χ2v) is 6.11. The van der Waals surface area contributed by atoms with Crippen molar-refractivity contribution in [2.45, 2.75) is 20.0 Å². The summed E-state index contributed by atoms with van der Waals surface area (Å²) in [5, 5.41) is 3.95. The number of nitrogens with one attached hydrogen (secondary N) is 1. The number of halogens is 2. The number of hydrogen-bond acceptors (Lipinski definition) is 2. The van der Waals surface area contributed by atoms with Gasteiger partial charge in [-0.15, -0.1) is 0 Å². The fourth-order valence-corrected chi connectivity index (χ4v) is 2.47. The van der Waals surface area contributed by atoms with Crippen LogP contribution in [0.2, 0.25) is 5.02 Å². The maximum atomic E-state index is 6.11. The molecule has 0 saturated carbocycles. The van der Waals surface area contributed by atoms with E-state index in [1.54, 1.807) is 0 Å². The molecule has 0 bridgehead atoms. The van der Waals surface area contributed by atoms with Crippen LogP contribution in [0, 0.1) is 0 Å². The highest BCUT2D eigenvalue weighted by Crippen LogP contribution is 2.28. The molecule has 0 amide bonds. The lowest BCUT2D eigenvalue weighted by Gasteiger charge is -2.09. The summed E-state index contributed by atoms with van der Waals surface area (Å²) in [5.41, 5.74) is 2.47. The van der Waals surface area contributed by atoms with Gasteiger partial charge in [0.05, 0.1) is 5.02 Å². The molecule has 0 unspecified atom stereocenters. The second kappa shape index (κ2) is 8.42. The third-order valence-corrected chi connectivity index (χ3v) is 3.96. The van der Waals surface area contributed by atoms with E-state index < -0.39 is 0 Å². The van der Waals surface area contributed by atoms with Gasteiger partial charge in [-0.05, 0) is 48.8 Å². The molecule has 2 aromatic rings. The van der Waals surface area contributed by atoms with Gasteiger partial charge in [0.25, 0.3) is 0 Å². The molecule has 0 aromatic heterocycles. The number of likely N-dealkylation sites (N-methyl/N-ethyl adjacent to an activating group) is 1. The highest BCUT2D eigenvalue weighted by Gasteiger charge is 2.03. The van der Waals surface area contributed by atoms with E-state index in [0.717, 1.165) is 29.5 Å². The fraction of sp³-hybridized carbons (Fsp3) is 0.294. The van der Waals surface area contributed by atoms with Gasteiger partial charge in [0, 0.05) is 4.47 Å². The molecule has 2 aromatic carbocycles. The Morgan fingerprint density at radius 1 is 1.10 bits per heavy atom. The predicted octanol–water partition coefficient (Wildman–Crippen LogP) is 4.83. The van der Waals surface area contributed by atoms with E-state index in [1.165, 1.54) is 5.56 Å². The fourth-order valence-electron chi connectivity index (χ4n) is 1.96. The van der Waals surface area contributed by atoms with Crippen LogP contribution in [0.5, 0.6) is 5.75 Å². The smallest absolute Gasteiger partial charge is 0.139 e. The molecule has 0 aliphatic carbocycles.